The van der Waals surface area contributed by atoms with Crippen molar-refractivity contribution < 1.29 is 14.3 Å². The van der Waals surface area contributed by atoms with Crippen LogP contribution in [0.2, 0.25) is 0 Å². The highest BCUT2D eigenvalue weighted by atomic mass is 32.1. The fraction of sp³-hybridized carbons (Fsp3) is 0.357. The summed E-state index contributed by atoms with van der Waals surface area (Å²) in [7, 11) is 0. The summed E-state index contributed by atoms with van der Waals surface area (Å²) in [4.78, 5) is 25.3. The van der Waals surface area contributed by atoms with Crippen LogP contribution in [0.4, 0.5) is 5.69 Å². The number of nitrogens with one attached hydrogen (secondary N) is 1. The highest BCUT2D eigenvalue weighted by Gasteiger charge is 2.18. The van der Waals surface area contributed by atoms with E-state index in [-0.39, 0.29) is 24.8 Å². The van der Waals surface area contributed by atoms with Crippen LogP contribution in [0, 0.1) is 0 Å². The Morgan fingerprint density at radius 1 is 1.38 bits per heavy atom. The molecule has 0 unspecified atom stereocenters. The van der Waals surface area contributed by atoms with E-state index in [2.05, 4.69) is 5.32 Å². The molecule has 6 nitrogen and oxygen atoms in total. The molecular formula is C14H17N3O3S. The molecule has 2 amide bonds. The fourth-order valence-corrected chi connectivity index (χ4v) is 2.10. The first-order valence-electron chi connectivity index (χ1n) is 6.61. The Hall–Kier alpha value is -1.99. The average Bonchev–Trinajstić information content (AvgIpc) is 2.47. The number of nitrogens with zero attached hydrogens (tertiary/aromatic N) is 1. The lowest BCUT2D eigenvalue weighted by molar-refractivity contribution is -0.142. The van der Waals surface area contributed by atoms with Crippen molar-refractivity contribution in [3.63, 3.8) is 0 Å². The summed E-state index contributed by atoms with van der Waals surface area (Å²) in [5.74, 6) is -0.216. The number of morpholine rings is 1. The lowest BCUT2D eigenvalue weighted by atomic mass is 10.2. The number of anilines is 1. The number of rotatable bonds is 5. The van der Waals surface area contributed by atoms with Gasteiger partial charge in [-0.25, -0.2) is 0 Å². The minimum atomic E-state index is -0.141. The highest BCUT2D eigenvalue weighted by Crippen LogP contribution is 2.10. The van der Waals surface area contributed by atoms with E-state index in [1.165, 1.54) is 0 Å². The van der Waals surface area contributed by atoms with Crippen molar-refractivity contribution in [2.75, 3.05) is 31.6 Å². The van der Waals surface area contributed by atoms with Crippen molar-refractivity contribution in [3.8, 4) is 0 Å². The molecule has 1 aliphatic rings. The lowest BCUT2D eigenvalue weighted by Gasteiger charge is -2.26. The van der Waals surface area contributed by atoms with E-state index in [4.69, 9.17) is 22.7 Å². The van der Waals surface area contributed by atoms with E-state index in [0.29, 0.717) is 30.4 Å². The van der Waals surface area contributed by atoms with E-state index < -0.39 is 0 Å². The monoisotopic (exact) mass is 307 g/mol. The fourth-order valence-electron chi connectivity index (χ4n) is 1.96. The van der Waals surface area contributed by atoms with E-state index in [1.54, 1.807) is 29.2 Å². The summed E-state index contributed by atoms with van der Waals surface area (Å²) < 4.78 is 5.03. The van der Waals surface area contributed by atoms with Crippen LogP contribution in [0.5, 0.6) is 0 Å². The van der Waals surface area contributed by atoms with Crippen molar-refractivity contribution in [2.45, 2.75) is 6.42 Å². The van der Waals surface area contributed by atoms with Crippen molar-refractivity contribution in [1.29, 1.82) is 0 Å². The number of carbonyl (C=O) groups is 2. The van der Waals surface area contributed by atoms with Crippen LogP contribution >= 0.6 is 12.2 Å². The van der Waals surface area contributed by atoms with Gasteiger partial charge in [0.05, 0.1) is 6.61 Å². The Morgan fingerprint density at radius 2 is 2.10 bits per heavy atom. The van der Waals surface area contributed by atoms with Crippen molar-refractivity contribution in [2.24, 2.45) is 5.73 Å². The van der Waals surface area contributed by atoms with Crippen molar-refractivity contribution in [1.82, 2.24) is 4.90 Å². The van der Waals surface area contributed by atoms with Gasteiger partial charge in [0, 0.05) is 30.8 Å². The zero-order valence-corrected chi connectivity index (χ0v) is 12.3. The normalized spacial score (nSPS) is 14.9. The van der Waals surface area contributed by atoms with E-state index in [9.17, 15) is 9.59 Å². The zero-order valence-electron chi connectivity index (χ0n) is 11.5. The van der Waals surface area contributed by atoms with Gasteiger partial charge in [-0.1, -0.05) is 12.2 Å². The number of benzene rings is 1. The number of hydrogen-bond donors (Lipinski definition) is 2. The minimum absolute atomic E-state index is 0.0742. The maximum atomic E-state index is 11.8. The van der Waals surface area contributed by atoms with Crippen LogP contribution in [0.15, 0.2) is 24.3 Å². The third-order valence-corrected chi connectivity index (χ3v) is 3.38. The SMILES string of the molecule is NC(=S)c1ccc(NC(=O)CCN2CCOCC2=O)cc1. The molecule has 1 aliphatic heterocycles. The second kappa shape index (κ2) is 7.14. The van der Waals surface area contributed by atoms with Crippen LogP contribution in [-0.2, 0) is 14.3 Å². The molecule has 2 rings (SSSR count). The van der Waals surface area contributed by atoms with Crippen LogP contribution in [0.1, 0.15) is 12.0 Å². The predicted molar refractivity (Wildman–Crippen MR) is 83.0 cm³/mol. The molecule has 0 saturated carbocycles. The van der Waals surface area contributed by atoms with Gasteiger partial charge in [0.1, 0.15) is 11.6 Å². The summed E-state index contributed by atoms with van der Waals surface area (Å²) in [6.07, 6.45) is 0.253. The van der Waals surface area contributed by atoms with Crippen molar-refractivity contribution >= 4 is 34.7 Å². The number of ether oxygens (including phenoxy) is 1. The molecule has 0 aromatic heterocycles. The quantitative estimate of drug-likeness (QED) is 0.774. The van der Waals surface area contributed by atoms with Gasteiger partial charge >= 0.3 is 0 Å². The number of hydrogen-bond acceptors (Lipinski definition) is 4. The van der Waals surface area contributed by atoms with Gasteiger partial charge in [-0.2, -0.15) is 0 Å². The summed E-state index contributed by atoms with van der Waals surface area (Å²) in [5, 5.41) is 2.77. The molecule has 0 radical (unpaired) electrons. The Kier molecular flexibility index (Phi) is 5.24. The van der Waals surface area contributed by atoms with E-state index >= 15 is 0 Å². The van der Waals surface area contributed by atoms with E-state index in [0.717, 1.165) is 5.56 Å². The summed E-state index contributed by atoms with van der Waals surface area (Å²) >= 11 is 4.86. The molecule has 21 heavy (non-hydrogen) atoms. The van der Waals surface area contributed by atoms with Crippen LogP contribution in [0.3, 0.4) is 0 Å². The maximum Gasteiger partial charge on any atom is 0.248 e. The molecule has 7 heteroatoms. The molecule has 0 bridgehead atoms. The molecule has 0 aliphatic carbocycles. The first-order chi connectivity index (χ1) is 10.1. The average molecular weight is 307 g/mol. The third-order valence-electron chi connectivity index (χ3n) is 3.15. The molecule has 1 saturated heterocycles. The van der Waals surface area contributed by atoms with Gasteiger partial charge in [0.15, 0.2) is 0 Å². The number of amides is 2. The van der Waals surface area contributed by atoms with Crippen molar-refractivity contribution in [3.05, 3.63) is 29.8 Å². The molecule has 0 spiro atoms. The van der Waals surface area contributed by atoms with Gasteiger partial charge in [0.25, 0.3) is 0 Å². The summed E-state index contributed by atoms with van der Waals surface area (Å²) in [5.41, 5.74) is 6.93. The standard InChI is InChI=1S/C14H17N3O3S/c15-14(21)10-1-3-11(4-2-10)16-12(18)5-6-17-7-8-20-9-13(17)19/h1-4H,5-9H2,(H2,15,21)(H,16,18). The van der Waals surface area contributed by atoms with Crippen LogP contribution in [0.25, 0.3) is 0 Å². The summed E-state index contributed by atoms with van der Waals surface area (Å²) in [6.45, 7) is 1.56. The van der Waals surface area contributed by atoms with Gasteiger partial charge < -0.3 is 20.7 Å². The Bertz CT molecular complexity index is 545. The molecule has 112 valence electrons. The largest absolute Gasteiger partial charge is 0.389 e. The number of thiocarbonyl (C=S) groups is 1. The zero-order chi connectivity index (χ0) is 15.2. The first kappa shape index (κ1) is 15.4. The van der Waals surface area contributed by atoms with E-state index in [1.807, 2.05) is 0 Å². The Morgan fingerprint density at radius 3 is 2.71 bits per heavy atom. The topological polar surface area (TPSA) is 84.7 Å². The molecule has 0 atom stereocenters. The third kappa shape index (κ3) is 4.51. The van der Waals surface area contributed by atoms with Gasteiger partial charge in [-0.3, -0.25) is 9.59 Å². The molecule has 3 N–H and O–H groups in total. The second-order valence-corrected chi connectivity index (χ2v) is 5.11. The molecular weight excluding hydrogens is 290 g/mol. The van der Waals surface area contributed by atoms with Gasteiger partial charge in [-0.15, -0.1) is 0 Å². The van der Waals surface area contributed by atoms with Gasteiger partial charge in [-0.05, 0) is 24.3 Å². The lowest BCUT2D eigenvalue weighted by Crippen LogP contribution is -2.42. The predicted octanol–water partition coefficient (Wildman–Crippen LogP) is 0.508. The highest BCUT2D eigenvalue weighted by molar-refractivity contribution is 7.80. The first-order valence-corrected chi connectivity index (χ1v) is 7.02. The molecule has 1 heterocycles. The second-order valence-electron chi connectivity index (χ2n) is 4.67. The molecule has 1 fully saturated rings. The number of nitrogens with two attached hydrogens (primary N) is 1. The maximum absolute atomic E-state index is 11.8. The number of carbonyl (C=O) groups excluding carboxylic acids is 2. The van der Waals surface area contributed by atoms with Gasteiger partial charge in [0.2, 0.25) is 11.8 Å². The van der Waals surface area contributed by atoms with Crippen LogP contribution < -0.4 is 11.1 Å². The smallest absolute Gasteiger partial charge is 0.248 e. The molecule has 1 aromatic carbocycles. The summed E-state index contributed by atoms with van der Waals surface area (Å²) in [6, 6.07) is 6.99. The minimum Gasteiger partial charge on any atom is -0.389 e. The Labute approximate surface area is 128 Å². The molecule has 1 aromatic rings. The Balaban J connectivity index is 1.81. The van der Waals surface area contributed by atoms with Crippen LogP contribution in [-0.4, -0.2) is 48.0 Å².